The van der Waals surface area contributed by atoms with Crippen LogP contribution in [0.3, 0.4) is 0 Å². The first-order chi connectivity index (χ1) is 8.79. The van der Waals surface area contributed by atoms with E-state index >= 15 is 0 Å². The predicted molar refractivity (Wildman–Crippen MR) is 73.2 cm³/mol. The van der Waals surface area contributed by atoms with E-state index in [9.17, 15) is 5.11 Å². The van der Waals surface area contributed by atoms with Crippen molar-refractivity contribution >= 4 is 5.76 Å². The maximum absolute atomic E-state index is 9.68. The van der Waals surface area contributed by atoms with Crippen LogP contribution < -0.4 is 0 Å². The molecule has 1 N–H and O–H groups in total. The largest absolute Gasteiger partial charge is 0.501 e. The Kier molecular flexibility index (Phi) is 6.08. The van der Waals surface area contributed by atoms with Gasteiger partial charge in [0.2, 0.25) is 11.2 Å². The van der Waals surface area contributed by atoms with E-state index in [0.29, 0.717) is 5.56 Å². The van der Waals surface area contributed by atoms with Crippen LogP contribution in [0.4, 0.5) is 0 Å². The molecule has 0 aliphatic heterocycles. The molecule has 0 aliphatic carbocycles. The highest BCUT2D eigenvalue weighted by molar-refractivity contribution is 5.66. The molecule has 0 saturated carbocycles. The molecule has 0 bridgehead atoms. The minimum Gasteiger partial charge on any atom is -0.501 e. The monoisotopic (exact) mass is 241 g/mol. The fourth-order valence-electron chi connectivity index (χ4n) is 1.56. The van der Waals surface area contributed by atoms with Crippen molar-refractivity contribution in [2.45, 2.75) is 32.6 Å². The maximum atomic E-state index is 9.68. The van der Waals surface area contributed by atoms with Gasteiger partial charge >= 0.3 is 6.20 Å². The molecule has 0 unspecified atom stereocenters. The third-order valence-electron chi connectivity index (χ3n) is 2.51. The molecule has 0 amide bonds. The normalized spacial score (nSPS) is 10.3. The van der Waals surface area contributed by atoms with Crippen molar-refractivity contribution in [3.63, 3.8) is 0 Å². The maximum Gasteiger partial charge on any atom is 0.392 e. The predicted octanol–water partition coefficient (Wildman–Crippen LogP) is 4.33. The first kappa shape index (κ1) is 13.8. The molecule has 1 aromatic carbocycles. The quantitative estimate of drug-likeness (QED) is 0.369. The molecule has 0 aromatic heterocycles. The van der Waals surface area contributed by atoms with Gasteiger partial charge in [-0.2, -0.15) is 0 Å². The topological polar surface area (TPSA) is 48.4 Å². The summed E-state index contributed by atoms with van der Waals surface area (Å²) >= 11 is 0. The summed E-state index contributed by atoms with van der Waals surface area (Å²) in [6, 6.07) is 7.25. The lowest BCUT2D eigenvalue weighted by Gasteiger charge is -1.99. The van der Waals surface area contributed by atoms with E-state index in [2.05, 4.69) is 23.7 Å². The number of hydrogen-bond acceptors (Lipinski definition) is 2. The Balaban J connectivity index is 2.83. The number of aliphatic hydroxyl groups is 1. The molecular weight excluding hydrogens is 224 g/mol. The van der Waals surface area contributed by atoms with Gasteiger partial charge in [0.25, 0.3) is 0 Å². The van der Waals surface area contributed by atoms with Gasteiger partial charge in [0, 0.05) is 17.5 Å². The average Bonchev–Trinajstić information content (AvgIpc) is 2.39. The van der Waals surface area contributed by atoms with Crippen LogP contribution in [0, 0.1) is 17.2 Å². The van der Waals surface area contributed by atoms with Gasteiger partial charge < -0.3 is 5.11 Å². The highest BCUT2D eigenvalue weighted by Crippen LogP contribution is 2.16. The van der Waals surface area contributed by atoms with Gasteiger partial charge in [0.05, 0.1) is 0 Å². The van der Waals surface area contributed by atoms with Crippen LogP contribution in [0.15, 0.2) is 30.5 Å². The number of unbranched alkanes of at least 4 members (excludes halogenated alkanes) is 3. The molecule has 18 heavy (non-hydrogen) atoms. The number of hydrogen-bond donors (Lipinski definition) is 1. The zero-order chi connectivity index (χ0) is 13.2. The van der Waals surface area contributed by atoms with Crippen LogP contribution in [-0.2, 0) is 0 Å². The summed E-state index contributed by atoms with van der Waals surface area (Å²) in [6.07, 6.45) is 5.32. The average molecular weight is 241 g/mol. The van der Waals surface area contributed by atoms with Crippen LogP contribution in [-0.4, -0.2) is 5.11 Å². The number of diazo groups is 1. The second-order valence-electron chi connectivity index (χ2n) is 3.93. The van der Waals surface area contributed by atoms with Crippen LogP contribution in [0.25, 0.3) is 10.7 Å². The molecule has 3 heteroatoms. The first-order valence-electron chi connectivity index (χ1n) is 6.11. The number of rotatable bonds is 4. The molecule has 0 saturated heterocycles. The van der Waals surface area contributed by atoms with E-state index in [4.69, 9.17) is 5.39 Å². The Morgan fingerprint density at radius 3 is 2.89 bits per heavy atom. The standard InChI is InChI=1S/C15H16N2O/c1-2-3-4-5-6-9-13-10-7-8-11-14(13)15(18)12-17-16/h7-8,10-12H,2-5H2,1H3/p+1/b15-12-. The number of nitrogens with zero attached hydrogens (tertiary/aromatic N) is 2. The van der Waals surface area contributed by atoms with Crippen molar-refractivity contribution in [1.82, 2.24) is 0 Å². The Morgan fingerprint density at radius 1 is 1.39 bits per heavy atom. The smallest absolute Gasteiger partial charge is 0.392 e. The van der Waals surface area contributed by atoms with E-state index < -0.39 is 0 Å². The Hall–Kier alpha value is -2.26. The van der Waals surface area contributed by atoms with Gasteiger partial charge in [-0.1, -0.05) is 43.7 Å². The van der Waals surface area contributed by atoms with Crippen LogP contribution in [0.1, 0.15) is 43.7 Å². The highest BCUT2D eigenvalue weighted by atomic mass is 16.3. The lowest BCUT2D eigenvalue weighted by molar-refractivity contribution is 0.511. The fourth-order valence-corrected chi connectivity index (χ4v) is 1.56. The molecule has 0 spiro atoms. The molecule has 0 aliphatic rings. The zero-order valence-electron chi connectivity index (χ0n) is 10.6. The molecule has 0 radical (unpaired) electrons. The van der Waals surface area contributed by atoms with Crippen molar-refractivity contribution < 1.29 is 5.11 Å². The number of aliphatic hydroxyl groups excluding tert-OH is 1. The Bertz CT molecular complexity index is 515. The Labute approximate surface area is 108 Å². The van der Waals surface area contributed by atoms with Crippen molar-refractivity contribution in [3.05, 3.63) is 46.6 Å². The summed E-state index contributed by atoms with van der Waals surface area (Å²) in [5.41, 5.74) is 1.32. The van der Waals surface area contributed by atoms with Gasteiger partial charge in [-0.3, -0.25) is 0 Å². The van der Waals surface area contributed by atoms with Gasteiger partial charge in [-0.15, -0.1) is 0 Å². The summed E-state index contributed by atoms with van der Waals surface area (Å²) < 4.78 is 0. The molecule has 0 fully saturated rings. The van der Waals surface area contributed by atoms with Crippen LogP contribution in [0.5, 0.6) is 0 Å². The van der Waals surface area contributed by atoms with Crippen LogP contribution >= 0.6 is 0 Å². The molecule has 1 rings (SSSR count). The van der Waals surface area contributed by atoms with Gasteiger partial charge in [0.1, 0.15) is 0 Å². The van der Waals surface area contributed by atoms with E-state index in [-0.39, 0.29) is 5.76 Å². The first-order valence-corrected chi connectivity index (χ1v) is 6.11. The van der Waals surface area contributed by atoms with Crippen LogP contribution in [0.2, 0.25) is 0 Å². The van der Waals surface area contributed by atoms with Crippen molar-refractivity contribution in [1.29, 1.82) is 5.39 Å². The molecule has 3 nitrogen and oxygen atoms in total. The third kappa shape index (κ3) is 4.31. The summed E-state index contributed by atoms with van der Waals surface area (Å²) in [7, 11) is 0. The minimum atomic E-state index is -0.0871. The molecule has 92 valence electrons. The second-order valence-corrected chi connectivity index (χ2v) is 3.93. The summed E-state index contributed by atoms with van der Waals surface area (Å²) in [6.45, 7) is 2.16. The summed E-state index contributed by atoms with van der Waals surface area (Å²) in [5.74, 6) is 6.04. The zero-order valence-corrected chi connectivity index (χ0v) is 10.6. The van der Waals surface area contributed by atoms with Gasteiger partial charge in [0.15, 0.2) is 4.98 Å². The van der Waals surface area contributed by atoms with E-state index in [1.165, 1.54) is 12.8 Å². The third-order valence-corrected chi connectivity index (χ3v) is 2.51. The second kappa shape index (κ2) is 7.92. The summed E-state index contributed by atoms with van der Waals surface area (Å²) in [5, 5.41) is 18.1. The van der Waals surface area contributed by atoms with Crippen molar-refractivity contribution in [2.75, 3.05) is 0 Å². The van der Waals surface area contributed by atoms with E-state index in [1.807, 2.05) is 12.1 Å². The molecular formula is C15H17N2O+. The minimum absolute atomic E-state index is 0.0871. The van der Waals surface area contributed by atoms with Gasteiger partial charge in [-0.05, 0) is 18.6 Å². The fraction of sp³-hybridized carbons (Fsp3) is 0.333. The number of benzene rings is 1. The van der Waals surface area contributed by atoms with E-state index in [1.54, 1.807) is 12.1 Å². The molecule has 0 heterocycles. The summed E-state index contributed by atoms with van der Waals surface area (Å²) in [4.78, 5) is 2.81. The van der Waals surface area contributed by atoms with Crippen molar-refractivity contribution in [2.24, 2.45) is 0 Å². The molecule has 1 aromatic rings. The lowest BCUT2D eigenvalue weighted by atomic mass is 10.1. The van der Waals surface area contributed by atoms with Crippen molar-refractivity contribution in [3.8, 4) is 11.8 Å². The molecule has 0 atom stereocenters. The Morgan fingerprint density at radius 2 is 2.17 bits per heavy atom. The van der Waals surface area contributed by atoms with E-state index in [0.717, 1.165) is 24.6 Å². The van der Waals surface area contributed by atoms with Gasteiger partial charge in [-0.25, -0.2) is 0 Å². The highest BCUT2D eigenvalue weighted by Gasteiger charge is 2.07. The lowest BCUT2D eigenvalue weighted by Crippen LogP contribution is -1.88. The SMILES string of the molecule is CCCCCC#Cc1ccccc1/C(O)=C/[N+]#N.